The second-order valence-electron chi connectivity index (χ2n) is 6.26. The van der Waals surface area contributed by atoms with Crippen LogP contribution in [-0.4, -0.2) is 50.2 Å². The van der Waals surface area contributed by atoms with Gasteiger partial charge in [-0.3, -0.25) is 0 Å². The summed E-state index contributed by atoms with van der Waals surface area (Å²) in [5, 5.41) is 5.93. The molecule has 2 N–H and O–H groups in total. The van der Waals surface area contributed by atoms with Gasteiger partial charge in [0.05, 0.1) is 5.75 Å². The van der Waals surface area contributed by atoms with Crippen molar-refractivity contribution in [1.82, 2.24) is 10.6 Å². The predicted molar refractivity (Wildman–Crippen MR) is 85.2 cm³/mol. The molecule has 0 spiro atoms. The Morgan fingerprint density at radius 3 is 2.24 bits per heavy atom. The van der Waals surface area contributed by atoms with E-state index >= 15 is 0 Å². The number of rotatable bonds is 8. The van der Waals surface area contributed by atoms with Gasteiger partial charge in [0, 0.05) is 24.4 Å². The van der Waals surface area contributed by atoms with Gasteiger partial charge in [-0.2, -0.15) is 0 Å². The van der Waals surface area contributed by atoms with Gasteiger partial charge in [0.15, 0.2) is 9.84 Å². The number of carbonyl (C=O) groups is 1. The minimum Gasteiger partial charge on any atom is -0.444 e. The van der Waals surface area contributed by atoms with Crippen molar-refractivity contribution < 1.29 is 17.9 Å². The van der Waals surface area contributed by atoms with Gasteiger partial charge in [-0.1, -0.05) is 13.8 Å². The van der Waals surface area contributed by atoms with Crippen molar-refractivity contribution in [3.8, 4) is 0 Å². The first-order valence-electron chi connectivity index (χ1n) is 7.42. The molecule has 6 nitrogen and oxygen atoms in total. The van der Waals surface area contributed by atoms with Crippen molar-refractivity contribution in [2.45, 2.75) is 65.6 Å². The molecule has 0 aliphatic rings. The van der Waals surface area contributed by atoms with Crippen LogP contribution in [-0.2, 0) is 14.6 Å². The average Bonchev–Trinajstić information content (AvgIpc) is 2.31. The fourth-order valence-corrected chi connectivity index (χ4v) is 2.79. The van der Waals surface area contributed by atoms with Gasteiger partial charge in [-0.25, -0.2) is 13.2 Å². The Labute approximate surface area is 128 Å². The summed E-state index contributed by atoms with van der Waals surface area (Å²) in [6.45, 7) is 11.4. The number of ether oxygens (including phenoxy) is 1. The minimum absolute atomic E-state index is 0.0911. The molecule has 0 aliphatic carbocycles. The molecule has 0 fully saturated rings. The fraction of sp³-hybridized carbons (Fsp3) is 0.929. The quantitative estimate of drug-likeness (QED) is 0.710. The van der Waals surface area contributed by atoms with Gasteiger partial charge in [0.1, 0.15) is 5.60 Å². The first-order valence-corrected chi connectivity index (χ1v) is 9.24. The lowest BCUT2D eigenvalue weighted by Crippen LogP contribution is -2.46. The van der Waals surface area contributed by atoms with E-state index in [1.807, 2.05) is 34.6 Å². The first-order chi connectivity index (χ1) is 9.49. The third kappa shape index (κ3) is 10.5. The third-order valence-corrected chi connectivity index (χ3v) is 4.76. The summed E-state index contributed by atoms with van der Waals surface area (Å²) in [5.41, 5.74) is -0.529. The van der Waals surface area contributed by atoms with Crippen LogP contribution in [0.1, 0.15) is 48.0 Å². The largest absolute Gasteiger partial charge is 0.444 e. The molecule has 0 rings (SSSR count). The van der Waals surface area contributed by atoms with Crippen LogP contribution in [0.25, 0.3) is 0 Å². The maximum absolute atomic E-state index is 11.7. The molecule has 0 radical (unpaired) electrons. The molecule has 0 aromatic rings. The Morgan fingerprint density at radius 2 is 1.81 bits per heavy atom. The molecule has 0 heterocycles. The zero-order valence-corrected chi connectivity index (χ0v) is 14.8. The first kappa shape index (κ1) is 20.2. The Hall–Kier alpha value is -0.820. The number of amides is 1. The molecule has 0 aliphatic heterocycles. The number of hydrogen-bond acceptors (Lipinski definition) is 5. The monoisotopic (exact) mass is 322 g/mol. The Bertz CT molecular complexity index is 415. The molecule has 126 valence electrons. The van der Waals surface area contributed by atoms with Crippen molar-refractivity contribution in [3.05, 3.63) is 0 Å². The lowest BCUT2D eigenvalue weighted by molar-refractivity contribution is 0.0502. The second-order valence-corrected chi connectivity index (χ2v) is 8.66. The summed E-state index contributed by atoms with van der Waals surface area (Å²) < 4.78 is 28.3. The summed E-state index contributed by atoms with van der Waals surface area (Å²) in [6, 6.07) is -0.240. The lowest BCUT2D eigenvalue weighted by atomic mass is 10.2. The van der Waals surface area contributed by atoms with Crippen molar-refractivity contribution in [3.63, 3.8) is 0 Å². The van der Waals surface area contributed by atoms with Gasteiger partial charge >= 0.3 is 6.09 Å². The van der Waals surface area contributed by atoms with Crippen LogP contribution >= 0.6 is 0 Å². The van der Waals surface area contributed by atoms with E-state index in [9.17, 15) is 13.2 Å². The molecule has 0 aromatic carbocycles. The van der Waals surface area contributed by atoms with E-state index in [1.54, 1.807) is 6.92 Å². The van der Waals surface area contributed by atoms with Crippen molar-refractivity contribution in [2.24, 2.45) is 0 Å². The summed E-state index contributed by atoms with van der Waals surface area (Å²) in [6.07, 6.45) is 0.282. The molecule has 7 heteroatoms. The smallest absolute Gasteiger partial charge is 0.407 e. The normalized spacial score (nSPS) is 15.3. The van der Waals surface area contributed by atoms with Gasteiger partial charge in [-0.05, 0) is 34.1 Å². The van der Waals surface area contributed by atoms with E-state index in [0.717, 1.165) is 6.42 Å². The minimum atomic E-state index is -2.99. The zero-order chi connectivity index (χ0) is 16.7. The highest BCUT2D eigenvalue weighted by atomic mass is 32.2. The number of carbonyl (C=O) groups excluding carboxylic acids is 1. The summed E-state index contributed by atoms with van der Waals surface area (Å²) in [7, 11) is -2.99. The highest BCUT2D eigenvalue weighted by molar-refractivity contribution is 7.91. The molecule has 1 amide bonds. The Morgan fingerprint density at radius 1 is 1.24 bits per heavy atom. The molecule has 21 heavy (non-hydrogen) atoms. The van der Waals surface area contributed by atoms with E-state index in [1.165, 1.54) is 0 Å². The van der Waals surface area contributed by atoms with E-state index < -0.39 is 21.5 Å². The van der Waals surface area contributed by atoms with Crippen LogP contribution in [0.2, 0.25) is 0 Å². The van der Waals surface area contributed by atoms with Crippen LogP contribution in [0.3, 0.4) is 0 Å². The van der Waals surface area contributed by atoms with Crippen LogP contribution < -0.4 is 10.6 Å². The van der Waals surface area contributed by atoms with Crippen molar-refractivity contribution in [2.75, 3.05) is 18.1 Å². The van der Waals surface area contributed by atoms with Gasteiger partial charge in [0.25, 0.3) is 0 Å². The van der Waals surface area contributed by atoms with Gasteiger partial charge in [0.2, 0.25) is 0 Å². The summed E-state index contributed by atoms with van der Waals surface area (Å²) in [4.78, 5) is 11.7. The predicted octanol–water partition coefficient (Wildman–Crippen LogP) is 1.70. The maximum atomic E-state index is 11.7. The molecule has 2 atom stereocenters. The van der Waals surface area contributed by atoms with Gasteiger partial charge < -0.3 is 15.4 Å². The second kappa shape index (κ2) is 8.58. The molecule has 0 saturated carbocycles. The number of sulfone groups is 1. The van der Waals surface area contributed by atoms with E-state index in [2.05, 4.69) is 10.6 Å². The molecule has 2 unspecified atom stereocenters. The average molecular weight is 322 g/mol. The molecule has 0 saturated heterocycles. The Kier molecular flexibility index (Phi) is 8.25. The lowest BCUT2D eigenvalue weighted by Gasteiger charge is -2.24. The summed E-state index contributed by atoms with van der Waals surface area (Å²) in [5.74, 6) is 0.249. The number of alkyl carbamates (subject to hydrolysis) is 1. The van der Waals surface area contributed by atoms with Crippen LogP contribution in [0.15, 0.2) is 0 Å². The van der Waals surface area contributed by atoms with Gasteiger partial charge in [-0.15, -0.1) is 0 Å². The standard InChI is InChI=1S/C14H30N2O4S/c1-7-12(16-13(17)20-14(4,5)6)9-15-11(3)10-21(18,19)8-2/h11-12,15H,7-10H2,1-6H3,(H,16,17). The van der Waals surface area contributed by atoms with Crippen molar-refractivity contribution in [1.29, 1.82) is 0 Å². The van der Waals surface area contributed by atoms with Crippen LogP contribution in [0, 0.1) is 0 Å². The number of nitrogens with one attached hydrogen (secondary N) is 2. The topological polar surface area (TPSA) is 84.5 Å². The number of hydrogen-bond donors (Lipinski definition) is 2. The fourth-order valence-electron chi connectivity index (χ4n) is 1.67. The highest BCUT2D eigenvalue weighted by Gasteiger charge is 2.19. The summed E-state index contributed by atoms with van der Waals surface area (Å²) >= 11 is 0. The van der Waals surface area contributed by atoms with Crippen LogP contribution in [0.5, 0.6) is 0 Å². The third-order valence-electron chi connectivity index (χ3n) is 2.87. The zero-order valence-electron chi connectivity index (χ0n) is 14.0. The Balaban J connectivity index is 4.24. The highest BCUT2D eigenvalue weighted by Crippen LogP contribution is 2.07. The van der Waals surface area contributed by atoms with Crippen molar-refractivity contribution >= 4 is 15.9 Å². The molecule has 0 aromatic heterocycles. The van der Waals surface area contributed by atoms with E-state index in [0.29, 0.717) is 6.54 Å². The maximum Gasteiger partial charge on any atom is 0.407 e. The SMILES string of the molecule is CCC(CNC(C)CS(=O)(=O)CC)NC(=O)OC(C)(C)C. The molecular formula is C14H30N2O4S. The van der Waals surface area contributed by atoms with Crippen LogP contribution in [0.4, 0.5) is 4.79 Å². The van der Waals surface area contributed by atoms with E-state index in [4.69, 9.17) is 4.74 Å². The molecule has 0 bridgehead atoms. The molecular weight excluding hydrogens is 292 g/mol. The van der Waals surface area contributed by atoms with E-state index in [-0.39, 0.29) is 23.6 Å².